The minimum Gasteiger partial charge on any atom is -0.455 e. The second-order valence-electron chi connectivity index (χ2n) is 5.85. The maximum absolute atomic E-state index is 12.4. The van der Waals surface area contributed by atoms with Crippen LogP contribution >= 0.6 is 23.2 Å². The number of furan rings is 1. The van der Waals surface area contributed by atoms with Gasteiger partial charge in [0.05, 0.1) is 16.6 Å². The number of carbonyl (C=O) groups excluding carboxylic acids is 1. The van der Waals surface area contributed by atoms with Crippen LogP contribution in [-0.2, 0) is 23.0 Å². The standard InChI is InChI=1S/C20H17Cl2NO3S/c21-15-6-4-14(5-7-15)10-11-23-20(24)19-9-8-17(26-19)13-27(25)18-3-1-2-16(22)12-18/h1-9,12H,10-11,13H2,(H,23,24)/t27-/m0/s1. The van der Waals surface area contributed by atoms with Crippen LogP contribution in [0.5, 0.6) is 0 Å². The number of hydrogen-bond acceptors (Lipinski definition) is 3. The maximum atomic E-state index is 12.4. The van der Waals surface area contributed by atoms with E-state index in [4.69, 9.17) is 27.6 Å². The zero-order valence-electron chi connectivity index (χ0n) is 14.3. The van der Waals surface area contributed by atoms with Gasteiger partial charge in [-0.1, -0.05) is 41.4 Å². The molecule has 0 aliphatic rings. The van der Waals surface area contributed by atoms with Crippen LogP contribution in [0.2, 0.25) is 10.0 Å². The quantitative estimate of drug-likeness (QED) is 0.591. The van der Waals surface area contributed by atoms with E-state index in [1.165, 1.54) is 0 Å². The smallest absolute Gasteiger partial charge is 0.287 e. The Morgan fingerprint density at radius 2 is 1.78 bits per heavy atom. The summed E-state index contributed by atoms with van der Waals surface area (Å²) in [7, 11) is -1.30. The van der Waals surface area contributed by atoms with E-state index in [0.717, 1.165) is 5.56 Å². The Morgan fingerprint density at radius 3 is 2.52 bits per heavy atom. The van der Waals surface area contributed by atoms with Gasteiger partial charge in [0.2, 0.25) is 0 Å². The lowest BCUT2D eigenvalue weighted by Gasteiger charge is -2.04. The summed E-state index contributed by atoms with van der Waals surface area (Å²) in [5.74, 6) is 0.558. The molecule has 3 rings (SSSR count). The molecule has 140 valence electrons. The first-order valence-corrected chi connectivity index (χ1v) is 10.3. The van der Waals surface area contributed by atoms with Crippen molar-refractivity contribution in [1.29, 1.82) is 0 Å². The average molecular weight is 422 g/mol. The van der Waals surface area contributed by atoms with Crippen LogP contribution in [0.25, 0.3) is 0 Å². The summed E-state index contributed by atoms with van der Waals surface area (Å²) in [5, 5.41) is 4.02. The Bertz CT molecular complexity index is 954. The number of amides is 1. The van der Waals surface area contributed by atoms with E-state index in [2.05, 4.69) is 5.32 Å². The van der Waals surface area contributed by atoms with Crippen LogP contribution in [0.15, 0.2) is 70.0 Å². The molecule has 0 aliphatic carbocycles. The summed E-state index contributed by atoms with van der Waals surface area (Å²) in [6.07, 6.45) is 0.690. The lowest BCUT2D eigenvalue weighted by Crippen LogP contribution is -2.25. The summed E-state index contributed by atoms with van der Waals surface area (Å²) in [6.45, 7) is 0.477. The van der Waals surface area contributed by atoms with Gasteiger partial charge in [0.25, 0.3) is 5.91 Å². The van der Waals surface area contributed by atoms with Gasteiger partial charge in [-0.25, -0.2) is 0 Å². The SMILES string of the molecule is O=C(NCCc1ccc(Cl)cc1)c1ccc(C[S@](=O)c2cccc(Cl)c2)o1. The summed E-state index contributed by atoms with van der Waals surface area (Å²) in [4.78, 5) is 12.8. The largest absolute Gasteiger partial charge is 0.455 e. The molecule has 1 amide bonds. The molecule has 7 heteroatoms. The van der Waals surface area contributed by atoms with Crippen molar-refractivity contribution in [3.63, 3.8) is 0 Å². The molecule has 0 saturated heterocycles. The Labute approximate surface area is 169 Å². The fourth-order valence-electron chi connectivity index (χ4n) is 2.46. The second-order valence-corrected chi connectivity index (χ2v) is 8.17. The van der Waals surface area contributed by atoms with E-state index in [9.17, 15) is 9.00 Å². The predicted octanol–water partition coefficient (Wildman–Crippen LogP) is 4.87. The lowest BCUT2D eigenvalue weighted by molar-refractivity contribution is 0.0925. The van der Waals surface area contributed by atoms with Gasteiger partial charge in [0.1, 0.15) is 5.76 Å². The topological polar surface area (TPSA) is 59.3 Å². The zero-order valence-corrected chi connectivity index (χ0v) is 16.6. The van der Waals surface area contributed by atoms with Gasteiger partial charge in [0, 0.05) is 21.5 Å². The molecule has 0 aliphatic heterocycles. The number of benzene rings is 2. The van der Waals surface area contributed by atoms with Gasteiger partial charge >= 0.3 is 0 Å². The molecule has 0 radical (unpaired) electrons. The Balaban J connectivity index is 1.52. The van der Waals surface area contributed by atoms with Crippen LogP contribution in [-0.4, -0.2) is 16.7 Å². The van der Waals surface area contributed by atoms with Gasteiger partial charge in [-0.3, -0.25) is 9.00 Å². The zero-order chi connectivity index (χ0) is 19.2. The number of hydrogen-bond donors (Lipinski definition) is 1. The van der Waals surface area contributed by atoms with Gasteiger partial charge in [-0.2, -0.15) is 0 Å². The molecule has 0 unspecified atom stereocenters. The number of carbonyl (C=O) groups is 1. The monoisotopic (exact) mass is 421 g/mol. The van der Waals surface area contributed by atoms with E-state index in [1.807, 2.05) is 24.3 Å². The lowest BCUT2D eigenvalue weighted by atomic mass is 10.1. The van der Waals surface area contributed by atoms with Gasteiger partial charge in [-0.15, -0.1) is 0 Å². The van der Waals surface area contributed by atoms with Crippen molar-refractivity contribution < 1.29 is 13.4 Å². The van der Waals surface area contributed by atoms with Crippen molar-refractivity contribution >= 4 is 39.9 Å². The Kier molecular flexibility index (Phi) is 6.72. The molecule has 3 aromatic rings. The molecule has 0 fully saturated rings. The molecule has 0 bridgehead atoms. The Morgan fingerprint density at radius 1 is 1.00 bits per heavy atom. The maximum Gasteiger partial charge on any atom is 0.287 e. The minimum absolute atomic E-state index is 0.179. The van der Waals surface area contributed by atoms with E-state index in [1.54, 1.807) is 36.4 Å². The highest BCUT2D eigenvalue weighted by Gasteiger charge is 2.13. The summed E-state index contributed by atoms with van der Waals surface area (Å²) >= 11 is 11.8. The van der Waals surface area contributed by atoms with Gasteiger partial charge < -0.3 is 9.73 Å². The minimum atomic E-state index is -1.30. The van der Waals surface area contributed by atoms with Crippen LogP contribution < -0.4 is 5.32 Å². The highest BCUT2D eigenvalue weighted by molar-refractivity contribution is 7.84. The first-order valence-electron chi connectivity index (χ1n) is 8.26. The van der Waals surface area contributed by atoms with Crippen molar-refractivity contribution in [1.82, 2.24) is 5.32 Å². The third kappa shape index (κ3) is 5.70. The third-order valence-electron chi connectivity index (χ3n) is 3.83. The predicted molar refractivity (Wildman–Crippen MR) is 108 cm³/mol. The molecule has 1 aromatic heterocycles. The van der Waals surface area contributed by atoms with Crippen LogP contribution in [0.1, 0.15) is 21.9 Å². The first kappa shape index (κ1) is 19.7. The fourth-order valence-corrected chi connectivity index (χ4v) is 3.91. The van der Waals surface area contributed by atoms with Crippen molar-refractivity contribution in [3.8, 4) is 0 Å². The van der Waals surface area contributed by atoms with E-state index < -0.39 is 10.8 Å². The highest BCUT2D eigenvalue weighted by Crippen LogP contribution is 2.18. The molecular formula is C20H17Cl2NO3S. The van der Waals surface area contributed by atoms with Crippen molar-refractivity contribution in [2.45, 2.75) is 17.1 Å². The van der Waals surface area contributed by atoms with Gasteiger partial charge in [-0.05, 0) is 54.4 Å². The Hall–Kier alpha value is -2.08. The number of nitrogens with one attached hydrogen (secondary N) is 1. The summed E-state index contributed by atoms with van der Waals surface area (Å²) in [6, 6.07) is 17.6. The van der Waals surface area contributed by atoms with Crippen LogP contribution in [0.4, 0.5) is 0 Å². The molecule has 4 nitrogen and oxygen atoms in total. The second kappa shape index (κ2) is 9.22. The van der Waals surface area contributed by atoms with E-state index in [-0.39, 0.29) is 17.4 Å². The number of rotatable bonds is 7. The first-order chi connectivity index (χ1) is 13.0. The molecular weight excluding hydrogens is 405 g/mol. The third-order valence-corrected chi connectivity index (χ3v) is 5.64. The molecule has 1 atom stereocenters. The molecule has 2 aromatic carbocycles. The van der Waals surface area contributed by atoms with Crippen molar-refractivity contribution in [2.75, 3.05) is 6.54 Å². The van der Waals surface area contributed by atoms with Gasteiger partial charge in [0.15, 0.2) is 5.76 Å². The van der Waals surface area contributed by atoms with E-state index >= 15 is 0 Å². The van der Waals surface area contributed by atoms with Crippen molar-refractivity contribution in [3.05, 3.63) is 87.8 Å². The van der Waals surface area contributed by atoms with Crippen LogP contribution in [0.3, 0.4) is 0 Å². The normalized spacial score (nSPS) is 11.9. The molecule has 0 saturated carbocycles. The average Bonchev–Trinajstić information content (AvgIpc) is 3.12. The molecule has 1 heterocycles. The molecule has 27 heavy (non-hydrogen) atoms. The van der Waals surface area contributed by atoms with Crippen molar-refractivity contribution in [2.24, 2.45) is 0 Å². The fraction of sp³-hybridized carbons (Fsp3) is 0.150. The summed E-state index contributed by atoms with van der Waals surface area (Å²) < 4.78 is 17.9. The number of halogens is 2. The highest BCUT2D eigenvalue weighted by atomic mass is 35.5. The summed E-state index contributed by atoms with van der Waals surface area (Å²) in [5.41, 5.74) is 1.08. The van der Waals surface area contributed by atoms with Crippen LogP contribution in [0, 0.1) is 0 Å². The molecule has 1 N–H and O–H groups in total. The van der Waals surface area contributed by atoms with E-state index in [0.29, 0.717) is 33.7 Å². The molecule has 0 spiro atoms.